The summed E-state index contributed by atoms with van der Waals surface area (Å²) in [7, 11) is -7.99. The number of amides is 1. The molecule has 0 aromatic heterocycles. The van der Waals surface area contributed by atoms with Gasteiger partial charge < -0.3 is 5.32 Å². The molecule has 0 spiro atoms. The van der Waals surface area contributed by atoms with Crippen molar-refractivity contribution >= 4 is 25.8 Å². The van der Waals surface area contributed by atoms with Crippen LogP contribution in [0.1, 0.15) is 23.7 Å². The first-order valence-electron chi connectivity index (χ1n) is 7.35. The van der Waals surface area contributed by atoms with Crippen molar-refractivity contribution < 1.29 is 30.4 Å². The molecule has 1 rings (SSSR count). The minimum atomic E-state index is -4.69. The summed E-state index contributed by atoms with van der Waals surface area (Å²) in [6.45, 7) is 2.49. The van der Waals surface area contributed by atoms with Crippen LogP contribution in [-0.4, -0.2) is 58.7 Å². The molecule has 1 aromatic rings. The second kappa shape index (κ2) is 8.68. The van der Waals surface area contributed by atoms with Crippen molar-refractivity contribution in [1.29, 1.82) is 0 Å². The van der Waals surface area contributed by atoms with E-state index in [9.17, 15) is 30.4 Å². The third kappa shape index (κ3) is 6.01. The summed E-state index contributed by atoms with van der Waals surface area (Å²) in [5.74, 6) is -4.04. The first kappa shape index (κ1) is 21.5. The summed E-state index contributed by atoms with van der Waals surface area (Å²) in [4.78, 5) is 11.3. The Bertz CT molecular complexity index is 793. The average molecular weight is 398 g/mol. The number of hydrogen-bond acceptors (Lipinski definition) is 5. The van der Waals surface area contributed by atoms with Gasteiger partial charge in [-0.2, -0.15) is 8.78 Å². The predicted octanol–water partition coefficient (Wildman–Crippen LogP) is 1.08. The van der Waals surface area contributed by atoms with Crippen LogP contribution in [0.25, 0.3) is 0 Å². The molecule has 11 heteroatoms. The Morgan fingerprint density at radius 1 is 1.16 bits per heavy atom. The van der Waals surface area contributed by atoms with Crippen LogP contribution in [0.3, 0.4) is 0 Å². The number of carbonyl (C=O) groups excluding carboxylic acids is 1. The molecular weight excluding hydrogens is 378 g/mol. The van der Waals surface area contributed by atoms with Crippen molar-refractivity contribution in [3.05, 3.63) is 29.8 Å². The highest BCUT2D eigenvalue weighted by Crippen LogP contribution is 2.18. The van der Waals surface area contributed by atoms with E-state index < -0.39 is 36.4 Å². The Hall–Kier alpha value is -1.59. The van der Waals surface area contributed by atoms with Gasteiger partial charge in [-0.25, -0.2) is 21.1 Å². The van der Waals surface area contributed by atoms with Crippen LogP contribution in [-0.2, 0) is 19.9 Å². The summed E-state index contributed by atoms with van der Waals surface area (Å²) in [6, 6.07) is 4.16. The largest absolute Gasteiger partial charge is 0.352 e. The lowest BCUT2D eigenvalue weighted by Gasteiger charge is -2.17. The van der Waals surface area contributed by atoms with Gasteiger partial charge in [0.25, 0.3) is 5.91 Å². The molecule has 0 fully saturated rings. The number of sulfonamides is 1. The van der Waals surface area contributed by atoms with Gasteiger partial charge in [0, 0.05) is 25.2 Å². The molecular formula is C14H20F2N2O5S2. The minimum Gasteiger partial charge on any atom is -0.352 e. The molecule has 0 heterocycles. The number of sulfone groups is 1. The highest BCUT2D eigenvalue weighted by atomic mass is 32.2. The number of benzene rings is 1. The van der Waals surface area contributed by atoms with Crippen molar-refractivity contribution in [3.8, 4) is 0 Å². The van der Waals surface area contributed by atoms with E-state index in [0.29, 0.717) is 13.0 Å². The Morgan fingerprint density at radius 3 is 2.16 bits per heavy atom. The topological polar surface area (TPSA) is 101 Å². The van der Waals surface area contributed by atoms with E-state index in [-0.39, 0.29) is 18.7 Å². The molecule has 1 N–H and O–H groups in total. The van der Waals surface area contributed by atoms with E-state index >= 15 is 0 Å². The number of alkyl halides is 2. The fourth-order valence-electron chi connectivity index (χ4n) is 2.02. The molecule has 25 heavy (non-hydrogen) atoms. The van der Waals surface area contributed by atoms with Gasteiger partial charge in [-0.05, 0) is 30.7 Å². The number of nitrogens with one attached hydrogen (secondary N) is 1. The fourth-order valence-corrected chi connectivity index (χ4v) is 3.67. The number of hydrogen-bond donors (Lipinski definition) is 1. The number of rotatable bonds is 9. The molecule has 0 saturated carbocycles. The van der Waals surface area contributed by atoms with E-state index in [2.05, 4.69) is 5.32 Å². The van der Waals surface area contributed by atoms with E-state index in [1.54, 1.807) is 6.92 Å². The van der Waals surface area contributed by atoms with Crippen LogP contribution in [0.2, 0.25) is 0 Å². The normalized spacial score (nSPS) is 12.6. The molecule has 0 radical (unpaired) electrons. The van der Waals surface area contributed by atoms with Gasteiger partial charge in [0.2, 0.25) is 19.9 Å². The molecule has 0 atom stereocenters. The summed E-state index contributed by atoms with van der Waals surface area (Å²) in [6.07, 6.45) is 1.49. The van der Waals surface area contributed by atoms with Crippen LogP contribution in [0.5, 0.6) is 0 Å². The zero-order valence-corrected chi connectivity index (χ0v) is 15.4. The first-order valence-corrected chi connectivity index (χ1v) is 10.7. The van der Waals surface area contributed by atoms with Crippen LogP contribution in [0.4, 0.5) is 8.78 Å². The van der Waals surface area contributed by atoms with Gasteiger partial charge >= 0.3 is 5.76 Å². The molecule has 142 valence electrons. The lowest BCUT2D eigenvalue weighted by Crippen LogP contribution is -2.33. The maximum absolute atomic E-state index is 12.4. The van der Waals surface area contributed by atoms with E-state index in [4.69, 9.17) is 0 Å². The smallest absolute Gasteiger partial charge is 0.341 e. The van der Waals surface area contributed by atoms with Crippen molar-refractivity contribution in [1.82, 2.24) is 9.62 Å². The molecule has 1 aromatic carbocycles. The number of halogens is 2. The summed E-state index contributed by atoms with van der Waals surface area (Å²) in [5.41, 5.74) is 0.115. The van der Waals surface area contributed by atoms with Crippen LogP contribution < -0.4 is 5.32 Å². The second-order valence-corrected chi connectivity index (χ2v) is 9.09. The highest BCUT2D eigenvalue weighted by molar-refractivity contribution is 7.91. The SMILES string of the molecule is CCN(CCCNC(=O)c1ccc(S(=O)(=O)C(F)F)cc1)S(C)(=O)=O. The summed E-state index contributed by atoms with van der Waals surface area (Å²) < 4.78 is 71.5. The van der Waals surface area contributed by atoms with Crippen LogP contribution in [0, 0.1) is 0 Å². The third-order valence-electron chi connectivity index (χ3n) is 3.37. The Kier molecular flexibility index (Phi) is 7.44. The highest BCUT2D eigenvalue weighted by Gasteiger charge is 2.26. The van der Waals surface area contributed by atoms with E-state index in [1.165, 1.54) is 4.31 Å². The average Bonchev–Trinajstić information content (AvgIpc) is 2.53. The van der Waals surface area contributed by atoms with Gasteiger partial charge in [0.15, 0.2) is 0 Å². The van der Waals surface area contributed by atoms with Crippen LogP contribution in [0.15, 0.2) is 29.2 Å². The van der Waals surface area contributed by atoms with Crippen molar-refractivity contribution in [2.75, 3.05) is 25.9 Å². The predicted molar refractivity (Wildman–Crippen MR) is 88.7 cm³/mol. The maximum atomic E-state index is 12.4. The lowest BCUT2D eigenvalue weighted by molar-refractivity contribution is 0.0952. The Morgan fingerprint density at radius 2 is 1.72 bits per heavy atom. The molecule has 0 unspecified atom stereocenters. The Labute approximate surface area is 146 Å². The summed E-state index contributed by atoms with van der Waals surface area (Å²) >= 11 is 0. The maximum Gasteiger partial charge on any atom is 0.341 e. The van der Waals surface area contributed by atoms with Gasteiger partial charge in [0.05, 0.1) is 11.2 Å². The van der Waals surface area contributed by atoms with Crippen molar-refractivity contribution in [2.45, 2.75) is 24.0 Å². The second-order valence-electron chi connectivity index (χ2n) is 5.19. The van der Waals surface area contributed by atoms with Gasteiger partial charge in [-0.15, -0.1) is 0 Å². The van der Waals surface area contributed by atoms with Gasteiger partial charge in [-0.1, -0.05) is 6.92 Å². The zero-order chi connectivity index (χ0) is 19.3. The van der Waals surface area contributed by atoms with Crippen LogP contribution >= 0.6 is 0 Å². The molecule has 1 amide bonds. The first-order chi connectivity index (χ1) is 11.5. The Balaban J connectivity index is 2.59. The number of carbonyl (C=O) groups is 1. The molecule has 7 nitrogen and oxygen atoms in total. The molecule has 0 bridgehead atoms. The lowest BCUT2D eigenvalue weighted by atomic mass is 10.2. The van der Waals surface area contributed by atoms with Gasteiger partial charge in [0.1, 0.15) is 0 Å². The molecule has 0 saturated heterocycles. The van der Waals surface area contributed by atoms with E-state index in [1.807, 2.05) is 0 Å². The minimum absolute atomic E-state index is 0.115. The third-order valence-corrected chi connectivity index (χ3v) is 6.15. The van der Waals surface area contributed by atoms with Crippen molar-refractivity contribution in [2.24, 2.45) is 0 Å². The molecule has 0 aliphatic rings. The molecule has 0 aliphatic heterocycles. The summed E-state index contributed by atoms with van der Waals surface area (Å²) in [5, 5.41) is 2.55. The van der Waals surface area contributed by atoms with Crippen molar-refractivity contribution in [3.63, 3.8) is 0 Å². The van der Waals surface area contributed by atoms with Gasteiger partial charge in [-0.3, -0.25) is 4.79 Å². The zero-order valence-electron chi connectivity index (χ0n) is 13.8. The monoisotopic (exact) mass is 398 g/mol. The van der Waals surface area contributed by atoms with E-state index in [0.717, 1.165) is 30.5 Å². The molecule has 0 aliphatic carbocycles. The fraction of sp³-hybridized carbons (Fsp3) is 0.500. The number of nitrogens with zero attached hydrogens (tertiary/aromatic N) is 1. The standard InChI is InChI=1S/C14H20F2N2O5S2/c1-3-18(24(2,20)21)10-4-9-17-13(19)11-5-7-12(8-6-11)25(22,23)14(15)16/h5-8,14H,3-4,9-10H2,1-2H3,(H,17,19). The quantitative estimate of drug-likeness (QED) is 0.628.